The van der Waals surface area contributed by atoms with E-state index in [2.05, 4.69) is 59.1 Å². The minimum Gasteiger partial charge on any atom is -0.501 e. The zero-order valence-electron chi connectivity index (χ0n) is 25.0. The van der Waals surface area contributed by atoms with Crippen LogP contribution in [-0.4, -0.2) is 15.0 Å². The van der Waals surface area contributed by atoms with Gasteiger partial charge >= 0.3 is 0 Å². The number of oxazole rings is 1. The molecule has 6 heteroatoms. The second-order valence-electron chi connectivity index (χ2n) is 11.0. The number of aromatic nitrogens is 3. The molecule has 0 aliphatic carbocycles. The summed E-state index contributed by atoms with van der Waals surface area (Å²) in [5, 5.41) is 2.01. The minimum atomic E-state index is 0. The molecular weight excluding hydrogens is 735 g/mol. The zero-order valence-corrected chi connectivity index (χ0v) is 27.4. The number of rotatable bonds is 4. The fourth-order valence-electron chi connectivity index (χ4n) is 5.18. The zero-order chi connectivity index (χ0) is 30.0. The van der Waals surface area contributed by atoms with Gasteiger partial charge in [-0.15, -0.1) is 54.1 Å². The summed E-state index contributed by atoms with van der Waals surface area (Å²) in [6.07, 6.45) is 3.72. The molecule has 4 heterocycles. The van der Waals surface area contributed by atoms with Gasteiger partial charge in [-0.3, -0.25) is 0 Å². The first kappa shape index (κ1) is 30.1. The van der Waals surface area contributed by atoms with E-state index in [1.165, 1.54) is 11.1 Å². The molecule has 0 bridgehead atoms. The molecule has 223 valence electrons. The van der Waals surface area contributed by atoms with Gasteiger partial charge in [-0.1, -0.05) is 66.8 Å². The number of fused-ring (bicyclic) bond motifs is 4. The topological polar surface area (TPSA) is 65.0 Å². The normalized spacial score (nSPS) is 11.0. The summed E-state index contributed by atoms with van der Waals surface area (Å²) in [7, 11) is 0. The molecule has 0 saturated heterocycles. The molecule has 5 nitrogen and oxygen atoms in total. The van der Waals surface area contributed by atoms with Gasteiger partial charge in [-0.05, 0) is 54.1 Å². The van der Waals surface area contributed by atoms with Gasteiger partial charge in [0.05, 0.1) is 5.58 Å². The Morgan fingerprint density at radius 1 is 0.711 bits per heavy atom. The van der Waals surface area contributed by atoms with E-state index >= 15 is 0 Å². The van der Waals surface area contributed by atoms with Crippen LogP contribution >= 0.6 is 0 Å². The van der Waals surface area contributed by atoms with E-state index in [-0.39, 0.29) is 20.1 Å². The van der Waals surface area contributed by atoms with Gasteiger partial charge < -0.3 is 18.8 Å². The first-order valence-electron chi connectivity index (χ1n) is 14.6. The third-order valence-corrected chi connectivity index (χ3v) is 7.57. The second kappa shape index (κ2) is 13.0. The molecule has 0 amide bonds. The predicted molar refractivity (Wildman–Crippen MR) is 176 cm³/mol. The van der Waals surface area contributed by atoms with Crippen LogP contribution in [0.2, 0.25) is 0 Å². The molecule has 0 saturated carbocycles. The van der Waals surface area contributed by atoms with E-state index in [9.17, 15) is 0 Å². The summed E-state index contributed by atoms with van der Waals surface area (Å²) in [4.78, 5) is 13.6. The predicted octanol–water partition coefficient (Wildman–Crippen LogP) is 10.2. The summed E-state index contributed by atoms with van der Waals surface area (Å²) in [5.41, 5.74) is 10.2. The Hall–Kier alpha value is -4.90. The van der Waals surface area contributed by atoms with E-state index in [1.54, 1.807) is 0 Å². The second-order valence-corrected chi connectivity index (χ2v) is 11.0. The largest absolute Gasteiger partial charge is 0.501 e. The average molecular weight is 764 g/mol. The van der Waals surface area contributed by atoms with Crippen LogP contribution in [0.4, 0.5) is 0 Å². The Balaban J connectivity index is 0.000000215. The van der Waals surface area contributed by atoms with E-state index in [0.29, 0.717) is 11.8 Å². The molecule has 0 aliphatic rings. The number of hydrogen-bond donors (Lipinski definition) is 0. The Bertz CT molecular complexity index is 2200. The number of furan rings is 1. The maximum absolute atomic E-state index is 6.31. The molecule has 0 unspecified atom stereocenters. The van der Waals surface area contributed by atoms with E-state index in [0.717, 1.165) is 61.1 Å². The van der Waals surface area contributed by atoms with E-state index in [4.69, 9.17) is 8.83 Å². The number of nitrogens with zero attached hydrogens (tertiary/aromatic N) is 3. The maximum Gasteiger partial charge on any atom is 0.227 e. The van der Waals surface area contributed by atoms with Crippen molar-refractivity contribution in [3.05, 3.63) is 139 Å². The Morgan fingerprint density at radius 3 is 2.31 bits per heavy atom. The summed E-state index contributed by atoms with van der Waals surface area (Å²) in [6.45, 7) is 6.39. The summed E-state index contributed by atoms with van der Waals surface area (Å²) in [6, 6.07) is 40.4. The molecule has 45 heavy (non-hydrogen) atoms. The van der Waals surface area contributed by atoms with Crippen LogP contribution in [-0.2, 0) is 20.1 Å². The third-order valence-electron chi connectivity index (χ3n) is 7.57. The first-order valence-corrected chi connectivity index (χ1v) is 14.6. The molecule has 4 aromatic heterocycles. The van der Waals surface area contributed by atoms with Crippen LogP contribution < -0.4 is 0 Å². The maximum atomic E-state index is 6.31. The fraction of sp³-hybridized carbons (Fsp3) is 0.103. The summed E-state index contributed by atoms with van der Waals surface area (Å²) in [5.74, 6) is 1.03. The molecular formula is C39H29IrN3O2-2. The van der Waals surface area contributed by atoms with E-state index in [1.807, 2.05) is 104 Å². The molecule has 8 rings (SSSR count). The SMILES string of the molecule is CC(C)c1ccnc(-c2[c-]ccc3c2oc2cc4nc(-c5ccccc5)oc4cc23)c1.Cc1ccc(-c2[c-]cccc2)nc1.[Ir]. The van der Waals surface area contributed by atoms with Crippen molar-refractivity contribution in [2.45, 2.75) is 26.7 Å². The first-order chi connectivity index (χ1) is 21.5. The van der Waals surface area contributed by atoms with Gasteiger partial charge in [-0.25, -0.2) is 4.98 Å². The van der Waals surface area contributed by atoms with Crippen LogP contribution in [0.1, 0.15) is 30.9 Å². The Kier molecular flexibility index (Phi) is 8.70. The van der Waals surface area contributed by atoms with Crippen LogP contribution in [0.3, 0.4) is 0 Å². The molecule has 8 aromatic rings. The Labute approximate surface area is 275 Å². The third kappa shape index (κ3) is 6.21. The van der Waals surface area contributed by atoms with Crippen molar-refractivity contribution in [1.29, 1.82) is 0 Å². The van der Waals surface area contributed by atoms with Gasteiger partial charge in [0, 0.05) is 49.5 Å². The molecule has 0 spiro atoms. The number of hydrogen-bond acceptors (Lipinski definition) is 5. The van der Waals surface area contributed by atoms with Crippen LogP contribution in [0, 0.1) is 19.1 Å². The molecule has 1 radical (unpaired) electrons. The van der Waals surface area contributed by atoms with Crippen LogP contribution in [0.25, 0.3) is 67.0 Å². The molecule has 0 aliphatic heterocycles. The quantitative estimate of drug-likeness (QED) is 0.167. The van der Waals surface area contributed by atoms with Gasteiger partial charge in [0.1, 0.15) is 11.1 Å². The molecule has 4 aromatic carbocycles. The van der Waals surface area contributed by atoms with Crippen molar-refractivity contribution in [1.82, 2.24) is 15.0 Å². The number of pyridine rings is 2. The molecule has 0 fully saturated rings. The van der Waals surface area contributed by atoms with Crippen LogP contribution in [0.5, 0.6) is 0 Å². The summed E-state index contributed by atoms with van der Waals surface area (Å²) < 4.78 is 12.4. The van der Waals surface area contributed by atoms with Gasteiger partial charge in [0.15, 0.2) is 5.58 Å². The monoisotopic (exact) mass is 764 g/mol. The van der Waals surface area contributed by atoms with Crippen molar-refractivity contribution in [2.75, 3.05) is 0 Å². The standard InChI is InChI=1S/C27H19N2O2.C12H10N.Ir/c1-16(2)18-11-12-28-22(13-18)20-10-6-9-19-21-14-25-23(15-24(21)30-26(19)20)29-27(31-25)17-7-4-3-5-8-17;1-10-7-8-12(13-9-10)11-5-3-2-4-6-11;/h3-9,11-16H,1-2H3;2-5,7-9H,1H3;/q2*-1;. The van der Waals surface area contributed by atoms with Gasteiger partial charge in [-0.2, -0.15) is 0 Å². The average Bonchev–Trinajstić information content (AvgIpc) is 3.66. The van der Waals surface area contributed by atoms with Crippen LogP contribution in [0.15, 0.2) is 124 Å². The molecule has 0 atom stereocenters. The van der Waals surface area contributed by atoms with Crippen molar-refractivity contribution in [2.24, 2.45) is 0 Å². The fourth-order valence-corrected chi connectivity index (χ4v) is 5.18. The number of aryl methyl sites for hydroxylation is 1. The smallest absolute Gasteiger partial charge is 0.227 e. The van der Waals surface area contributed by atoms with Crippen molar-refractivity contribution in [3.63, 3.8) is 0 Å². The number of benzene rings is 4. The van der Waals surface area contributed by atoms with Gasteiger partial charge in [0.25, 0.3) is 0 Å². The van der Waals surface area contributed by atoms with E-state index < -0.39 is 0 Å². The minimum absolute atomic E-state index is 0. The van der Waals surface area contributed by atoms with Crippen molar-refractivity contribution >= 4 is 33.0 Å². The van der Waals surface area contributed by atoms with Gasteiger partial charge in [0.2, 0.25) is 5.89 Å². The molecule has 0 N–H and O–H groups in total. The Morgan fingerprint density at radius 2 is 1.56 bits per heavy atom. The summed E-state index contributed by atoms with van der Waals surface area (Å²) >= 11 is 0. The van der Waals surface area contributed by atoms with Crippen molar-refractivity contribution in [3.8, 4) is 34.0 Å². The van der Waals surface area contributed by atoms with Crippen molar-refractivity contribution < 1.29 is 28.9 Å².